The molecule has 0 fully saturated rings. The van der Waals surface area contributed by atoms with E-state index in [-0.39, 0.29) is 0 Å². The fraction of sp³-hybridized carbons (Fsp3) is 0. The van der Waals surface area contributed by atoms with Crippen molar-refractivity contribution in [1.29, 1.82) is 0 Å². The largest absolute Gasteiger partial charge is 0.455 e. The van der Waals surface area contributed by atoms with Gasteiger partial charge in [-0.3, -0.25) is 0 Å². The molecule has 0 aliphatic heterocycles. The van der Waals surface area contributed by atoms with Crippen LogP contribution in [0.4, 0.5) is 17.1 Å². The number of furan rings is 2. The van der Waals surface area contributed by atoms with Crippen LogP contribution in [0.5, 0.6) is 0 Å². The van der Waals surface area contributed by atoms with Crippen LogP contribution in [0.15, 0.2) is 221 Å². The minimum absolute atomic E-state index is 0.852. The SMILES string of the molecule is c1cc(-c2cccc3c2oc2ccccc23)cc(N(c2ccc(-c3ccc(-c4cccc5ccccc45)cc3)cc2)c2cccc3oc4c5ccccc5ccc4c23)c1. The summed E-state index contributed by atoms with van der Waals surface area (Å²) in [6, 6.07) is 75.7. The van der Waals surface area contributed by atoms with E-state index in [0.29, 0.717) is 0 Å². The second-order valence-electron chi connectivity index (χ2n) is 15.2. The van der Waals surface area contributed by atoms with Gasteiger partial charge in [-0.25, -0.2) is 0 Å². The van der Waals surface area contributed by atoms with Gasteiger partial charge in [0.1, 0.15) is 22.3 Å². The number of fused-ring (bicyclic) bond motifs is 9. The summed E-state index contributed by atoms with van der Waals surface area (Å²) in [4.78, 5) is 2.36. The third-order valence-electron chi connectivity index (χ3n) is 11.9. The number of hydrogen-bond donors (Lipinski definition) is 0. The van der Waals surface area contributed by atoms with Crippen LogP contribution >= 0.6 is 0 Å². The minimum Gasteiger partial charge on any atom is -0.455 e. The van der Waals surface area contributed by atoms with Crippen LogP contribution in [0.25, 0.3) is 98.8 Å². The van der Waals surface area contributed by atoms with Gasteiger partial charge >= 0.3 is 0 Å². The molecule has 3 heteroatoms. The van der Waals surface area contributed by atoms with E-state index < -0.39 is 0 Å². The number of anilines is 3. The zero-order chi connectivity index (χ0) is 38.9. The highest BCUT2D eigenvalue weighted by atomic mass is 16.3. The van der Waals surface area contributed by atoms with Gasteiger partial charge < -0.3 is 13.7 Å². The van der Waals surface area contributed by atoms with Gasteiger partial charge in [0.15, 0.2) is 0 Å². The summed E-state index contributed by atoms with van der Waals surface area (Å²) in [5.74, 6) is 0. The molecule has 59 heavy (non-hydrogen) atoms. The van der Waals surface area contributed by atoms with Crippen LogP contribution in [-0.2, 0) is 0 Å². The van der Waals surface area contributed by atoms with E-state index in [2.05, 4.69) is 205 Å². The summed E-state index contributed by atoms with van der Waals surface area (Å²) < 4.78 is 13.2. The van der Waals surface area contributed by atoms with E-state index >= 15 is 0 Å². The Morgan fingerprint density at radius 2 is 0.898 bits per heavy atom. The summed E-state index contributed by atoms with van der Waals surface area (Å²) in [6.45, 7) is 0. The Bertz CT molecular complexity index is 3550. The van der Waals surface area contributed by atoms with E-state index in [4.69, 9.17) is 8.83 Å². The Balaban J connectivity index is 1.00. The minimum atomic E-state index is 0.852. The predicted molar refractivity (Wildman–Crippen MR) is 247 cm³/mol. The van der Waals surface area contributed by atoms with Crippen LogP contribution in [0.1, 0.15) is 0 Å². The van der Waals surface area contributed by atoms with Gasteiger partial charge in [0, 0.05) is 38.5 Å². The summed E-state index contributed by atoms with van der Waals surface area (Å²) in [7, 11) is 0. The Morgan fingerprint density at radius 1 is 0.305 bits per heavy atom. The molecular weight excluding hydrogens is 719 g/mol. The molecule has 0 N–H and O–H groups in total. The molecule has 0 aliphatic rings. The third kappa shape index (κ3) is 5.44. The molecule has 0 bridgehead atoms. The first-order chi connectivity index (χ1) is 29.2. The van der Waals surface area contributed by atoms with E-state index in [1.807, 2.05) is 12.1 Å². The van der Waals surface area contributed by atoms with Crippen molar-refractivity contribution in [2.24, 2.45) is 0 Å². The monoisotopic (exact) mass is 753 g/mol. The van der Waals surface area contributed by atoms with E-state index in [0.717, 1.165) is 88.4 Å². The van der Waals surface area contributed by atoms with Crippen molar-refractivity contribution in [3.05, 3.63) is 212 Å². The lowest BCUT2D eigenvalue weighted by molar-refractivity contribution is 0.670. The van der Waals surface area contributed by atoms with Crippen LogP contribution in [0.2, 0.25) is 0 Å². The maximum absolute atomic E-state index is 6.70. The second-order valence-corrected chi connectivity index (χ2v) is 15.2. The highest BCUT2D eigenvalue weighted by molar-refractivity contribution is 6.19. The number of benzene rings is 10. The van der Waals surface area contributed by atoms with Crippen LogP contribution in [-0.4, -0.2) is 0 Å². The van der Waals surface area contributed by atoms with Gasteiger partial charge in [0.25, 0.3) is 0 Å². The van der Waals surface area contributed by atoms with E-state index in [1.54, 1.807) is 0 Å². The Hall–Kier alpha value is -7.88. The van der Waals surface area contributed by atoms with Crippen LogP contribution < -0.4 is 4.90 Å². The molecule has 0 saturated heterocycles. The molecule has 276 valence electrons. The zero-order valence-corrected chi connectivity index (χ0v) is 32.0. The van der Waals surface area contributed by atoms with Gasteiger partial charge in [-0.05, 0) is 92.5 Å². The lowest BCUT2D eigenvalue weighted by Crippen LogP contribution is -2.10. The van der Waals surface area contributed by atoms with Crippen molar-refractivity contribution >= 4 is 82.5 Å². The fourth-order valence-electron chi connectivity index (χ4n) is 9.06. The van der Waals surface area contributed by atoms with E-state index in [1.165, 1.54) is 27.5 Å². The average Bonchev–Trinajstić information content (AvgIpc) is 3.89. The Kier molecular flexibility index (Phi) is 7.54. The predicted octanol–water partition coefficient (Wildman–Crippen LogP) is 16.3. The Labute approximate surface area is 340 Å². The molecule has 0 radical (unpaired) electrons. The highest BCUT2D eigenvalue weighted by Gasteiger charge is 2.22. The average molecular weight is 754 g/mol. The number of rotatable bonds is 6. The summed E-state index contributed by atoms with van der Waals surface area (Å²) >= 11 is 0. The summed E-state index contributed by atoms with van der Waals surface area (Å²) in [6.07, 6.45) is 0. The maximum atomic E-state index is 6.70. The maximum Gasteiger partial charge on any atom is 0.143 e. The van der Waals surface area contributed by atoms with Crippen molar-refractivity contribution in [2.45, 2.75) is 0 Å². The first kappa shape index (κ1) is 33.3. The normalized spacial score (nSPS) is 11.7. The molecule has 0 unspecified atom stereocenters. The number of para-hydroxylation sites is 2. The molecule has 0 aliphatic carbocycles. The number of nitrogens with zero attached hydrogens (tertiary/aromatic N) is 1. The van der Waals surface area contributed by atoms with Crippen molar-refractivity contribution < 1.29 is 8.83 Å². The Morgan fingerprint density at radius 3 is 1.75 bits per heavy atom. The van der Waals surface area contributed by atoms with E-state index in [9.17, 15) is 0 Å². The molecule has 0 saturated carbocycles. The summed E-state index contributed by atoms with van der Waals surface area (Å²) in [5.41, 5.74) is 13.6. The van der Waals surface area contributed by atoms with Crippen molar-refractivity contribution in [3.8, 4) is 33.4 Å². The van der Waals surface area contributed by atoms with Gasteiger partial charge in [0.05, 0.1) is 11.1 Å². The first-order valence-electron chi connectivity index (χ1n) is 20.1. The molecule has 0 amide bonds. The van der Waals surface area contributed by atoms with Crippen molar-refractivity contribution in [3.63, 3.8) is 0 Å². The molecular formula is C56H35NO2. The third-order valence-corrected chi connectivity index (χ3v) is 11.9. The van der Waals surface area contributed by atoms with Gasteiger partial charge in [-0.2, -0.15) is 0 Å². The molecule has 0 atom stereocenters. The molecule has 2 heterocycles. The van der Waals surface area contributed by atoms with Gasteiger partial charge in [-0.15, -0.1) is 0 Å². The molecule has 12 rings (SSSR count). The van der Waals surface area contributed by atoms with Gasteiger partial charge in [-0.1, -0.05) is 164 Å². The number of hydrogen-bond acceptors (Lipinski definition) is 3. The quantitative estimate of drug-likeness (QED) is 0.169. The topological polar surface area (TPSA) is 29.5 Å². The first-order valence-corrected chi connectivity index (χ1v) is 20.1. The fourth-order valence-corrected chi connectivity index (χ4v) is 9.06. The summed E-state index contributed by atoms with van der Waals surface area (Å²) in [5, 5.41) is 9.18. The molecule has 0 spiro atoms. The molecule has 3 nitrogen and oxygen atoms in total. The van der Waals surface area contributed by atoms with Crippen LogP contribution in [0.3, 0.4) is 0 Å². The van der Waals surface area contributed by atoms with Crippen LogP contribution in [0, 0.1) is 0 Å². The molecule has 10 aromatic carbocycles. The molecule has 2 aromatic heterocycles. The van der Waals surface area contributed by atoms with Crippen molar-refractivity contribution in [2.75, 3.05) is 4.90 Å². The van der Waals surface area contributed by atoms with Gasteiger partial charge in [0.2, 0.25) is 0 Å². The zero-order valence-electron chi connectivity index (χ0n) is 32.0. The highest BCUT2D eigenvalue weighted by Crippen LogP contribution is 2.46. The standard InChI is InChI=1S/C56H35NO2/c1-3-16-44-38(11-1)13-8-19-45(44)40-27-25-36(26-28-40)37-29-32-42(33-30-37)57(51-22-10-24-53-54(51)50-34-31-39-12-2-4-17-46(39)56(50)59-53)43-15-7-14-41(35-43)47-20-9-21-49-48-18-5-6-23-52(48)58-55(47)49/h1-35H. The lowest BCUT2D eigenvalue weighted by Gasteiger charge is -2.27. The second kappa shape index (κ2) is 13.4. The smallest absolute Gasteiger partial charge is 0.143 e. The molecule has 12 aromatic rings. The lowest BCUT2D eigenvalue weighted by atomic mass is 9.96. The van der Waals surface area contributed by atoms with Crippen molar-refractivity contribution in [1.82, 2.24) is 0 Å².